The lowest BCUT2D eigenvalue weighted by atomic mass is 10.2. The molecule has 3 aromatic rings. The standard InChI is InChI=1S/C17H17N3O5S/c1-23-11-5-6-13(24-2)12(10-11)18-15(21)7-8-20-17(22)25-16(19-20)14-4-3-9-26-14/h3-6,9-10H,7-8H2,1-2H3,(H,18,21). The van der Waals surface area contributed by atoms with Gasteiger partial charge in [-0.1, -0.05) is 6.07 Å². The molecule has 0 fully saturated rings. The minimum Gasteiger partial charge on any atom is -0.497 e. The van der Waals surface area contributed by atoms with Crippen molar-refractivity contribution < 1.29 is 18.7 Å². The van der Waals surface area contributed by atoms with Gasteiger partial charge < -0.3 is 19.2 Å². The molecule has 8 nitrogen and oxygen atoms in total. The highest BCUT2D eigenvalue weighted by molar-refractivity contribution is 7.13. The number of benzene rings is 1. The van der Waals surface area contributed by atoms with Crippen molar-refractivity contribution in [1.82, 2.24) is 9.78 Å². The third kappa shape index (κ3) is 3.94. The van der Waals surface area contributed by atoms with E-state index < -0.39 is 5.76 Å². The number of thiophene rings is 1. The van der Waals surface area contributed by atoms with E-state index in [1.807, 2.05) is 17.5 Å². The fourth-order valence-corrected chi connectivity index (χ4v) is 2.92. The normalized spacial score (nSPS) is 10.5. The highest BCUT2D eigenvalue weighted by Crippen LogP contribution is 2.29. The topological polar surface area (TPSA) is 95.6 Å². The highest BCUT2D eigenvalue weighted by atomic mass is 32.1. The summed E-state index contributed by atoms with van der Waals surface area (Å²) >= 11 is 1.42. The molecule has 2 heterocycles. The smallest absolute Gasteiger partial charge is 0.437 e. The Morgan fingerprint density at radius 2 is 2.15 bits per heavy atom. The van der Waals surface area contributed by atoms with Gasteiger partial charge in [0.15, 0.2) is 0 Å². The molecule has 0 aliphatic rings. The molecule has 2 aromatic heterocycles. The minimum absolute atomic E-state index is 0.0523. The first-order valence-corrected chi connectivity index (χ1v) is 8.62. The molecule has 1 N–H and O–H groups in total. The van der Waals surface area contributed by atoms with E-state index in [4.69, 9.17) is 13.9 Å². The lowest BCUT2D eigenvalue weighted by Gasteiger charge is -2.11. The van der Waals surface area contributed by atoms with Gasteiger partial charge in [-0.15, -0.1) is 16.4 Å². The summed E-state index contributed by atoms with van der Waals surface area (Å²) in [6.45, 7) is 0.103. The number of amides is 1. The molecule has 0 bridgehead atoms. The summed E-state index contributed by atoms with van der Waals surface area (Å²) in [5.41, 5.74) is 0.489. The van der Waals surface area contributed by atoms with Crippen LogP contribution in [0.5, 0.6) is 11.5 Å². The van der Waals surface area contributed by atoms with Crippen molar-refractivity contribution in [2.24, 2.45) is 0 Å². The maximum Gasteiger partial charge on any atom is 0.437 e. The van der Waals surface area contributed by atoms with E-state index in [0.717, 1.165) is 9.56 Å². The Balaban J connectivity index is 1.66. The summed E-state index contributed by atoms with van der Waals surface area (Å²) in [5, 5.41) is 8.72. The molecule has 136 valence electrons. The van der Waals surface area contributed by atoms with Crippen LogP contribution in [-0.4, -0.2) is 29.9 Å². The van der Waals surface area contributed by atoms with Crippen LogP contribution < -0.4 is 20.5 Å². The molecule has 0 aliphatic heterocycles. The van der Waals surface area contributed by atoms with Crippen molar-refractivity contribution in [3.05, 3.63) is 46.3 Å². The van der Waals surface area contributed by atoms with Crippen LogP contribution in [0.2, 0.25) is 0 Å². The van der Waals surface area contributed by atoms with Gasteiger partial charge in [-0.05, 0) is 23.6 Å². The Hall–Kier alpha value is -3.07. The zero-order valence-electron chi connectivity index (χ0n) is 14.2. The number of aryl methyl sites for hydroxylation is 1. The maximum atomic E-state index is 12.2. The average molecular weight is 375 g/mol. The van der Waals surface area contributed by atoms with Crippen molar-refractivity contribution in [3.8, 4) is 22.3 Å². The summed E-state index contributed by atoms with van der Waals surface area (Å²) in [4.78, 5) is 24.8. The van der Waals surface area contributed by atoms with E-state index in [-0.39, 0.29) is 24.8 Å². The molecule has 0 aliphatic carbocycles. The summed E-state index contributed by atoms with van der Waals surface area (Å²) in [6.07, 6.45) is 0.0523. The molecule has 0 saturated carbocycles. The zero-order chi connectivity index (χ0) is 18.5. The summed E-state index contributed by atoms with van der Waals surface area (Å²) in [6, 6.07) is 8.74. The van der Waals surface area contributed by atoms with Crippen LogP contribution in [0.4, 0.5) is 5.69 Å². The number of aromatic nitrogens is 2. The van der Waals surface area contributed by atoms with Crippen LogP contribution in [0.1, 0.15) is 6.42 Å². The molecule has 3 rings (SSSR count). The van der Waals surface area contributed by atoms with Gasteiger partial charge in [-0.3, -0.25) is 4.79 Å². The van der Waals surface area contributed by atoms with Gasteiger partial charge in [-0.2, -0.15) is 4.68 Å². The first-order chi connectivity index (χ1) is 12.6. The second kappa shape index (κ2) is 7.87. The van der Waals surface area contributed by atoms with Gasteiger partial charge in [-0.25, -0.2) is 4.79 Å². The maximum absolute atomic E-state index is 12.2. The average Bonchev–Trinajstić information content (AvgIpc) is 3.29. The van der Waals surface area contributed by atoms with Gasteiger partial charge in [0, 0.05) is 12.5 Å². The number of methoxy groups -OCH3 is 2. The monoisotopic (exact) mass is 375 g/mol. The number of carbonyl (C=O) groups excluding carboxylic acids is 1. The zero-order valence-corrected chi connectivity index (χ0v) is 15.0. The Morgan fingerprint density at radius 1 is 1.31 bits per heavy atom. The Kier molecular flexibility index (Phi) is 5.37. The third-order valence-corrected chi connectivity index (χ3v) is 4.43. The number of hydrogen-bond donors (Lipinski definition) is 1. The molecule has 1 aromatic carbocycles. The van der Waals surface area contributed by atoms with Crippen LogP contribution in [-0.2, 0) is 11.3 Å². The Labute approximate surface area is 153 Å². The molecule has 1 amide bonds. The largest absolute Gasteiger partial charge is 0.497 e. The number of ether oxygens (including phenoxy) is 2. The number of hydrogen-bond acceptors (Lipinski definition) is 7. The summed E-state index contributed by atoms with van der Waals surface area (Å²) < 4.78 is 16.6. The van der Waals surface area contributed by atoms with Crippen molar-refractivity contribution in [2.75, 3.05) is 19.5 Å². The molecule has 9 heteroatoms. The quantitative estimate of drug-likeness (QED) is 0.682. The molecule has 26 heavy (non-hydrogen) atoms. The molecule has 0 unspecified atom stereocenters. The highest BCUT2D eigenvalue weighted by Gasteiger charge is 2.13. The van der Waals surface area contributed by atoms with Crippen LogP contribution in [0.25, 0.3) is 10.8 Å². The number of nitrogens with zero attached hydrogens (tertiary/aromatic N) is 2. The van der Waals surface area contributed by atoms with Crippen LogP contribution >= 0.6 is 11.3 Å². The van der Waals surface area contributed by atoms with E-state index in [1.165, 1.54) is 25.6 Å². The first-order valence-electron chi connectivity index (χ1n) is 7.74. The van der Waals surface area contributed by atoms with Crippen LogP contribution in [0.15, 0.2) is 44.9 Å². The second-order valence-electron chi connectivity index (χ2n) is 5.24. The predicted octanol–water partition coefficient (Wildman–Crippen LogP) is 2.61. The SMILES string of the molecule is COc1ccc(OC)c(NC(=O)CCn2nc(-c3cccs3)oc2=O)c1. The first kappa shape index (κ1) is 17.7. The van der Waals surface area contributed by atoms with E-state index >= 15 is 0 Å². The molecule has 0 atom stereocenters. The van der Waals surface area contributed by atoms with Gasteiger partial charge in [0.05, 0.1) is 31.3 Å². The van der Waals surface area contributed by atoms with Crippen molar-refractivity contribution in [2.45, 2.75) is 13.0 Å². The van der Waals surface area contributed by atoms with Crippen molar-refractivity contribution in [3.63, 3.8) is 0 Å². The molecule has 0 radical (unpaired) electrons. The van der Waals surface area contributed by atoms with Crippen molar-refractivity contribution >= 4 is 22.9 Å². The van der Waals surface area contributed by atoms with E-state index in [1.54, 1.807) is 18.2 Å². The fourth-order valence-electron chi connectivity index (χ4n) is 2.28. The van der Waals surface area contributed by atoms with Gasteiger partial charge in [0.1, 0.15) is 11.5 Å². The lowest BCUT2D eigenvalue weighted by Crippen LogP contribution is -2.21. The minimum atomic E-state index is -0.597. The second-order valence-corrected chi connectivity index (χ2v) is 6.19. The summed E-state index contributed by atoms with van der Waals surface area (Å²) in [5.74, 6) is 0.469. The summed E-state index contributed by atoms with van der Waals surface area (Å²) in [7, 11) is 3.05. The molecular formula is C17H17N3O5S. The number of anilines is 1. The van der Waals surface area contributed by atoms with E-state index in [0.29, 0.717) is 17.2 Å². The molecule has 0 spiro atoms. The van der Waals surface area contributed by atoms with Crippen LogP contribution in [0.3, 0.4) is 0 Å². The Bertz CT molecular complexity index is 946. The molecule has 0 saturated heterocycles. The number of carbonyl (C=O) groups is 1. The fraction of sp³-hybridized carbons (Fsp3) is 0.235. The van der Waals surface area contributed by atoms with Gasteiger partial charge >= 0.3 is 5.76 Å². The van der Waals surface area contributed by atoms with Crippen LogP contribution in [0, 0.1) is 0 Å². The van der Waals surface area contributed by atoms with E-state index in [2.05, 4.69) is 10.4 Å². The number of nitrogens with one attached hydrogen (secondary N) is 1. The Morgan fingerprint density at radius 3 is 2.85 bits per heavy atom. The van der Waals surface area contributed by atoms with Gasteiger partial charge in [0.25, 0.3) is 5.89 Å². The number of rotatable bonds is 7. The third-order valence-electron chi connectivity index (χ3n) is 3.57. The molecular weight excluding hydrogens is 358 g/mol. The van der Waals surface area contributed by atoms with Crippen molar-refractivity contribution in [1.29, 1.82) is 0 Å². The lowest BCUT2D eigenvalue weighted by molar-refractivity contribution is -0.116. The van der Waals surface area contributed by atoms with Gasteiger partial charge in [0.2, 0.25) is 5.91 Å². The van der Waals surface area contributed by atoms with E-state index in [9.17, 15) is 9.59 Å². The predicted molar refractivity (Wildman–Crippen MR) is 96.9 cm³/mol.